The second kappa shape index (κ2) is 8.62. The molecule has 2 heterocycles. The average Bonchev–Trinajstić information content (AvgIpc) is 3.14. The van der Waals surface area contributed by atoms with E-state index in [-0.39, 0.29) is 5.91 Å². The molecule has 6 nitrogen and oxygen atoms in total. The molecular formula is C23H28N3O3S+. The molecule has 1 aliphatic rings. The summed E-state index contributed by atoms with van der Waals surface area (Å²) in [6.07, 6.45) is 0.895. The molecule has 0 bridgehead atoms. The van der Waals surface area contributed by atoms with E-state index in [9.17, 15) is 4.79 Å². The molecule has 0 fully saturated rings. The van der Waals surface area contributed by atoms with E-state index in [0.29, 0.717) is 36.8 Å². The van der Waals surface area contributed by atoms with Crippen molar-refractivity contribution in [3.05, 3.63) is 47.0 Å². The predicted molar refractivity (Wildman–Crippen MR) is 120 cm³/mol. The van der Waals surface area contributed by atoms with Gasteiger partial charge in [0.25, 0.3) is 5.91 Å². The van der Waals surface area contributed by atoms with Gasteiger partial charge in [-0.05, 0) is 49.2 Å². The lowest BCUT2D eigenvalue weighted by atomic mass is 10.1. The maximum absolute atomic E-state index is 13.5. The fraction of sp³-hybridized carbons (Fsp3) is 0.391. The average molecular weight is 427 g/mol. The van der Waals surface area contributed by atoms with Crippen LogP contribution >= 0.6 is 11.3 Å². The van der Waals surface area contributed by atoms with Gasteiger partial charge in [-0.25, -0.2) is 4.98 Å². The van der Waals surface area contributed by atoms with Crippen LogP contribution < -0.4 is 19.3 Å². The number of carbonyl (C=O) groups excluding carboxylic acids is 1. The van der Waals surface area contributed by atoms with E-state index in [1.807, 2.05) is 17.0 Å². The minimum Gasteiger partial charge on any atom is -0.486 e. The van der Waals surface area contributed by atoms with Crippen LogP contribution in [-0.4, -0.2) is 51.3 Å². The molecule has 1 aromatic heterocycles. The summed E-state index contributed by atoms with van der Waals surface area (Å²) in [7, 11) is 4.24. The largest absolute Gasteiger partial charge is 0.486 e. The predicted octanol–water partition coefficient (Wildman–Crippen LogP) is 2.87. The third kappa shape index (κ3) is 4.27. The van der Waals surface area contributed by atoms with E-state index in [1.165, 1.54) is 10.5 Å². The van der Waals surface area contributed by atoms with Crippen LogP contribution in [0.2, 0.25) is 0 Å². The molecule has 1 aliphatic heterocycles. The van der Waals surface area contributed by atoms with Gasteiger partial charge in [-0.15, -0.1) is 0 Å². The quantitative estimate of drug-likeness (QED) is 0.659. The lowest BCUT2D eigenvalue weighted by molar-refractivity contribution is -0.858. The molecule has 0 aliphatic carbocycles. The van der Waals surface area contributed by atoms with E-state index in [2.05, 4.69) is 40.1 Å². The third-order valence-corrected chi connectivity index (χ3v) is 6.17. The van der Waals surface area contributed by atoms with Crippen LogP contribution in [0.5, 0.6) is 11.5 Å². The Morgan fingerprint density at radius 1 is 1.13 bits per heavy atom. The standard InChI is InChI=1S/C23H27N3O3S/c1-15-12-16(2)21-20(13-15)30-23(24-21)26(9-5-8-25(3)4)22(27)17-6-7-18-19(14-17)29-11-10-28-18/h6-7,12-14H,5,8-11H2,1-4H3/p+1. The molecule has 4 rings (SSSR count). The summed E-state index contributed by atoms with van der Waals surface area (Å²) in [5.41, 5.74) is 3.90. The van der Waals surface area contributed by atoms with Crippen LogP contribution in [0.4, 0.5) is 5.13 Å². The van der Waals surface area contributed by atoms with E-state index in [0.717, 1.165) is 33.9 Å². The van der Waals surface area contributed by atoms with Gasteiger partial charge < -0.3 is 14.4 Å². The lowest BCUT2D eigenvalue weighted by Gasteiger charge is -2.22. The topological polar surface area (TPSA) is 56.1 Å². The number of hydrogen-bond donors (Lipinski definition) is 1. The van der Waals surface area contributed by atoms with Gasteiger partial charge in [-0.2, -0.15) is 0 Å². The van der Waals surface area contributed by atoms with Crippen LogP contribution in [0.3, 0.4) is 0 Å². The number of nitrogens with zero attached hydrogens (tertiary/aromatic N) is 2. The van der Waals surface area contributed by atoms with Crippen LogP contribution in [0.1, 0.15) is 27.9 Å². The highest BCUT2D eigenvalue weighted by Crippen LogP contribution is 2.34. The number of fused-ring (bicyclic) bond motifs is 2. The molecule has 0 saturated carbocycles. The lowest BCUT2D eigenvalue weighted by Crippen LogP contribution is -3.05. The maximum Gasteiger partial charge on any atom is 0.260 e. The molecule has 2 aromatic carbocycles. The molecule has 0 radical (unpaired) electrons. The number of nitrogens with one attached hydrogen (secondary N) is 1. The number of amides is 1. The van der Waals surface area contributed by atoms with Gasteiger partial charge in [-0.3, -0.25) is 9.69 Å². The number of ether oxygens (including phenoxy) is 2. The molecule has 0 saturated heterocycles. The van der Waals surface area contributed by atoms with Crippen LogP contribution in [0, 0.1) is 13.8 Å². The Labute approximate surface area is 181 Å². The number of quaternary nitrogens is 1. The molecule has 30 heavy (non-hydrogen) atoms. The number of aromatic nitrogens is 1. The number of aryl methyl sites for hydroxylation is 2. The van der Waals surface area contributed by atoms with Gasteiger partial charge in [0.05, 0.1) is 30.9 Å². The van der Waals surface area contributed by atoms with Crippen molar-refractivity contribution in [3.8, 4) is 11.5 Å². The van der Waals surface area contributed by atoms with Crippen molar-refractivity contribution < 1.29 is 19.2 Å². The van der Waals surface area contributed by atoms with E-state index >= 15 is 0 Å². The van der Waals surface area contributed by atoms with Gasteiger partial charge in [0.2, 0.25) is 0 Å². The minimum atomic E-state index is -0.0610. The molecular weight excluding hydrogens is 398 g/mol. The summed E-state index contributed by atoms with van der Waals surface area (Å²) in [6, 6.07) is 9.68. The molecule has 1 amide bonds. The first-order chi connectivity index (χ1) is 14.4. The van der Waals surface area contributed by atoms with Crippen molar-refractivity contribution in [2.45, 2.75) is 20.3 Å². The highest BCUT2D eigenvalue weighted by molar-refractivity contribution is 7.22. The summed E-state index contributed by atoms with van der Waals surface area (Å²) in [6.45, 7) is 6.79. The number of thiazole rings is 1. The van der Waals surface area contributed by atoms with Gasteiger partial charge in [-0.1, -0.05) is 17.4 Å². The summed E-state index contributed by atoms with van der Waals surface area (Å²) < 4.78 is 12.4. The summed E-state index contributed by atoms with van der Waals surface area (Å²) in [4.78, 5) is 21.5. The van der Waals surface area contributed by atoms with Crippen molar-refractivity contribution in [1.29, 1.82) is 0 Å². The highest BCUT2D eigenvalue weighted by Gasteiger charge is 2.24. The second-order valence-electron chi connectivity index (χ2n) is 8.05. The fourth-order valence-corrected chi connectivity index (χ4v) is 4.85. The van der Waals surface area contributed by atoms with Crippen molar-refractivity contribution >= 4 is 32.6 Å². The summed E-state index contributed by atoms with van der Waals surface area (Å²) >= 11 is 1.58. The van der Waals surface area contributed by atoms with E-state index in [4.69, 9.17) is 14.5 Å². The van der Waals surface area contributed by atoms with Crippen LogP contribution in [0.25, 0.3) is 10.2 Å². The zero-order valence-electron chi connectivity index (χ0n) is 17.9. The first-order valence-electron chi connectivity index (χ1n) is 10.3. The monoisotopic (exact) mass is 426 g/mol. The van der Waals surface area contributed by atoms with E-state index in [1.54, 1.807) is 17.4 Å². The number of carbonyl (C=O) groups is 1. The Morgan fingerprint density at radius 2 is 1.90 bits per heavy atom. The fourth-order valence-electron chi connectivity index (χ4n) is 3.68. The van der Waals surface area contributed by atoms with Crippen molar-refractivity contribution in [1.82, 2.24) is 4.98 Å². The molecule has 0 spiro atoms. The molecule has 158 valence electrons. The normalized spacial score (nSPS) is 13.1. The summed E-state index contributed by atoms with van der Waals surface area (Å²) in [5, 5.41) is 0.743. The third-order valence-electron chi connectivity index (χ3n) is 5.14. The number of benzene rings is 2. The Morgan fingerprint density at radius 3 is 2.67 bits per heavy atom. The number of anilines is 1. The zero-order valence-corrected chi connectivity index (χ0v) is 18.8. The first kappa shape index (κ1) is 20.6. The molecule has 1 N–H and O–H groups in total. The van der Waals surface area contributed by atoms with Crippen molar-refractivity contribution in [2.75, 3.05) is 45.3 Å². The second-order valence-corrected chi connectivity index (χ2v) is 9.06. The Balaban J connectivity index is 1.69. The molecule has 7 heteroatoms. The van der Waals surface area contributed by atoms with Crippen LogP contribution in [-0.2, 0) is 0 Å². The minimum absolute atomic E-state index is 0.0610. The highest BCUT2D eigenvalue weighted by atomic mass is 32.1. The maximum atomic E-state index is 13.5. The molecule has 0 atom stereocenters. The SMILES string of the molecule is Cc1cc(C)c2nc(N(CCC[NH+](C)C)C(=O)c3ccc4c(c3)OCCO4)sc2c1. The summed E-state index contributed by atoms with van der Waals surface area (Å²) in [5.74, 6) is 1.25. The number of hydrogen-bond acceptors (Lipinski definition) is 5. The Bertz CT molecular complexity index is 1080. The van der Waals surface area contributed by atoms with E-state index < -0.39 is 0 Å². The first-order valence-corrected chi connectivity index (χ1v) is 11.1. The van der Waals surface area contributed by atoms with Crippen molar-refractivity contribution in [3.63, 3.8) is 0 Å². The zero-order chi connectivity index (χ0) is 21.3. The Hall–Kier alpha value is -2.64. The number of rotatable bonds is 6. The van der Waals surface area contributed by atoms with Gasteiger partial charge in [0, 0.05) is 18.5 Å². The van der Waals surface area contributed by atoms with Gasteiger partial charge in [0.15, 0.2) is 16.6 Å². The molecule has 0 unspecified atom stereocenters. The molecule has 3 aromatic rings. The van der Waals surface area contributed by atoms with Gasteiger partial charge in [0.1, 0.15) is 13.2 Å². The Kier molecular flexibility index (Phi) is 5.92. The van der Waals surface area contributed by atoms with Gasteiger partial charge >= 0.3 is 0 Å². The van der Waals surface area contributed by atoms with Crippen molar-refractivity contribution in [2.24, 2.45) is 0 Å². The smallest absolute Gasteiger partial charge is 0.260 e. The van der Waals surface area contributed by atoms with Crippen LogP contribution in [0.15, 0.2) is 30.3 Å².